The van der Waals surface area contributed by atoms with Gasteiger partial charge in [0.15, 0.2) is 5.96 Å². The molecule has 0 bridgehead atoms. The predicted octanol–water partition coefficient (Wildman–Crippen LogP) is 3.38. The first kappa shape index (κ1) is 20.5. The Morgan fingerprint density at radius 3 is 2.54 bits per heavy atom. The molecule has 136 valence electrons. The molecule has 0 amide bonds. The molecule has 1 aromatic rings. The molecule has 1 rings (SSSR count). The molecule has 0 radical (unpaired) electrons. The highest BCUT2D eigenvalue weighted by Crippen LogP contribution is 2.15. The molecule has 1 atom stereocenters. The van der Waals surface area contributed by atoms with Gasteiger partial charge in [-0.2, -0.15) is 0 Å². The van der Waals surface area contributed by atoms with Crippen molar-refractivity contribution in [3.8, 4) is 0 Å². The molecule has 1 aromatic carbocycles. The molecule has 0 aliphatic carbocycles. The largest absolute Gasteiger partial charge is 0.356 e. The van der Waals surface area contributed by atoms with E-state index >= 15 is 0 Å². The van der Waals surface area contributed by atoms with Crippen LogP contribution in [0.1, 0.15) is 50.7 Å². The van der Waals surface area contributed by atoms with Crippen LogP contribution in [0.15, 0.2) is 29.3 Å². The molecule has 0 heterocycles. The van der Waals surface area contributed by atoms with E-state index in [9.17, 15) is 0 Å². The third-order valence-corrected chi connectivity index (χ3v) is 4.52. The van der Waals surface area contributed by atoms with Crippen molar-refractivity contribution in [1.29, 1.82) is 0 Å². The fourth-order valence-electron chi connectivity index (χ4n) is 2.52. The number of hydrogen-bond donors (Lipinski definition) is 2. The van der Waals surface area contributed by atoms with Crippen LogP contribution >= 0.6 is 0 Å². The van der Waals surface area contributed by atoms with Crippen LogP contribution in [0.3, 0.4) is 0 Å². The summed E-state index contributed by atoms with van der Waals surface area (Å²) in [5.74, 6) is 1.36. The van der Waals surface area contributed by atoms with Gasteiger partial charge in [0.1, 0.15) is 0 Å². The Balaban J connectivity index is 2.25. The molecule has 0 fully saturated rings. The molecule has 0 saturated heterocycles. The number of rotatable bonds is 9. The van der Waals surface area contributed by atoms with Gasteiger partial charge in [0.05, 0.1) is 0 Å². The number of benzene rings is 1. The zero-order valence-corrected chi connectivity index (χ0v) is 16.4. The van der Waals surface area contributed by atoms with E-state index in [1.807, 2.05) is 7.05 Å². The van der Waals surface area contributed by atoms with Crippen molar-refractivity contribution in [2.75, 3.05) is 33.7 Å². The molecule has 1 unspecified atom stereocenters. The van der Waals surface area contributed by atoms with Gasteiger partial charge in [0.25, 0.3) is 0 Å². The maximum absolute atomic E-state index is 4.32. The average Bonchev–Trinajstić information content (AvgIpc) is 2.56. The van der Waals surface area contributed by atoms with E-state index < -0.39 is 0 Å². The number of nitrogens with zero attached hydrogens (tertiary/aromatic N) is 2. The molecule has 0 aliphatic rings. The first-order valence-electron chi connectivity index (χ1n) is 9.15. The smallest absolute Gasteiger partial charge is 0.190 e. The van der Waals surface area contributed by atoms with Crippen LogP contribution in [-0.4, -0.2) is 50.6 Å². The highest BCUT2D eigenvalue weighted by Gasteiger charge is 2.07. The minimum absolute atomic E-state index is 0.461. The fraction of sp³-hybridized carbons (Fsp3) is 0.650. The Morgan fingerprint density at radius 1 is 1.17 bits per heavy atom. The van der Waals surface area contributed by atoms with Gasteiger partial charge >= 0.3 is 0 Å². The second kappa shape index (κ2) is 11.1. The number of aliphatic imine (C=N–C) groups is 1. The highest BCUT2D eigenvalue weighted by atomic mass is 15.2. The Kier molecular flexibility index (Phi) is 9.46. The fourth-order valence-corrected chi connectivity index (χ4v) is 2.52. The van der Waals surface area contributed by atoms with Gasteiger partial charge in [-0.15, -0.1) is 0 Å². The standard InChI is InChI=1S/C20H36N4/c1-16(2)24(6)13-8-7-12-22-20(21-5)23-15-18(4)19-11-9-10-17(3)14-19/h9-11,14,16,18H,7-8,12-13,15H2,1-6H3,(H2,21,22,23). The quantitative estimate of drug-likeness (QED) is 0.414. The Labute approximate surface area is 148 Å². The predicted molar refractivity (Wildman–Crippen MR) is 106 cm³/mol. The van der Waals surface area contributed by atoms with E-state index in [0.717, 1.165) is 32.0 Å². The second-order valence-corrected chi connectivity index (χ2v) is 6.98. The molecule has 0 spiro atoms. The van der Waals surface area contributed by atoms with Crippen molar-refractivity contribution in [1.82, 2.24) is 15.5 Å². The Hall–Kier alpha value is -1.55. The molecule has 2 N–H and O–H groups in total. The normalized spacial score (nSPS) is 13.4. The van der Waals surface area contributed by atoms with Crippen LogP contribution in [0, 0.1) is 6.92 Å². The van der Waals surface area contributed by atoms with Crippen LogP contribution in [-0.2, 0) is 0 Å². The summed E-state index contributed by atoms with van der Waals surface area (Å²) in [5, 5.41) is 6.84. The molecule has 0 aliphatic heterocycles. The van der Waals surface area contributed by atoms with Gasteiger partial charge in [0.2, 0.25) is 0 Å². The molecular formula is C20H36N4. The van der Waals surface area contributed by atoms with Crippen molar-refractivity contribution in [2.24, 2.45) is 4.99 Å². The van der Waals surface area contributed by atoms with E-state index in [1.165, 1.54) is 17.5 Å². The Bertz CT molecular complexity index is 496. The summed E-state index contributed by atoms with van der Waals surface area (Å²) in [7, 11) is 4.02. The first-order chi connectivity index (χ1) is 11.4. The maximum atomic E-state index is 4.32. The van der Waals surface area contributed by atoms with Crippen LogP contribution in [0.2, 0.25) is 0 Å². The van der Waals surface area contributed by atoms with Crippen LogP contribution in [0.4, 0.5) is 0 Å². The van der Waals surface area contributed by atoms with Crippen molar-refractivity contribution in [3.63, 3.8) is 0 Å². The molecule has 24 heavy (non-hydrogen) atoms. The monoisotopic (exact) mass is 332 g/mol. The average molecular weight is 333 g/mol. The highest BCUT2D eigenvalue weighted by molar-refractivity contribution is 5.79. The van der Waals surface area contributed by atoms with E-state index in [1.54, 1.807) is 0 Å². The van der Waals surface area contributed by atoms with Crippen LogP contribution < -0.4 is 10.6 Å². The number of nitrogens with one attached hydrogen (secondary N) is 2. The SMILES string of the molecule is CN=C(NCCCCN(C)C(C)C)NCC(C)c1cccc(C)c1. The zero-order valence-electron chi connectivity index (χ0n) is 16.4. The van der Waals surface area contributed by atoms with E-state index in [0.29, 0.717) is 12.0 Å². The van der Waals surface area contributed by atoms with Crippen molar-refractivity contribution in [3.05, 3.63) is 35.4 Å². The lowest BCUT2D eigenvalue weighted by Gasteiger charge is -2.21. The molecular weight excluding hydrogens is 296 g/mol. The summed E-state index contributed by atoms with van der Waals surface area (Å²) in [5.41, 5.74) is 2.68. The molecule has 4 nitrogen and oxygen atoms in total. The number of aryl methyl sites for hydroxylation is 1. The maximum Gasteiger partial charge on any atom is 0.190 e. The molecule has 0 aromatic heterocycles. The van der Waals surface area contributed by atoms with E-state index in [4.69, 9.17) is 0 Å². The first-order valence-corrected chi connectivity index (χ1v) is 9.15. The minimum atomic E-state index is 0.461. The number of hydrogen-bond acceptors (Lipinski definition) is 2. The van der Waals surface area contributed by atoms with Crippen LogP contribution in [0.5, 0.6) is 0 Å². The Morgan fingerprint density at radius 2 is 1.92 bits per heavy atom. The third kappa shape index (κ3) is 7.82. The number of unbranched alkanes of at least 4 members (excludes halogenated alkanes) is 1. The van der Waals surface area contributed by atoms with Gasteiger partial charge in [0, 0.05) is 26.2 Å². The van der Waals surface area contributed by atoms with Crippen molar-refractivity contribution >= 4 is 5.96 Å². The lowest BCUT2D eigenvalue weighted by Crippen LogP contribution is -2.39. The zero-order chi connectivity index (χ0) is 17.9. The van der Waals surface area contributed by atoms with Crippen molar-refractivity contribution in [2.45, 2.75) is 52.5 Å². The summed E-state index contributed by atoms with van der Waals surface area (Å²) >= 11 is 0. The number of guanidine groups is 1. The van der Waals surface area contributed by atoms with E-state index in [2.05, 4.69) is 79.5 Å². The second-order valence-electron chi connectivity index (χ2n) is 6.98. The van der Waals surface area contributed by atoms with Gasteiger partial charge in [-0.3, -0.25) is 4.99 Å². The lowest BCUT2D eigenvalue weighted by atomic mass is 9.99. The van der Waals surface area contributed by atoms with Gasteiger partial charge < -0.3 is 15.5 Å². The summed E-state index contributed by atoms with van der Waals surface area (Å²) in [6.07, 6.45) is 2.36. The summed E-state index contributed by atoms with van der Waals surface area (Å²) in [4.78, 5) is 6.70. The molecule has 4 heteroatoms. The lowest BCUT2D eigenvalue weighted by molar-refractivity contribution is 0.268. The van der Waals surface area contributed by atoms with Gasteiger partial charge in [-0.05, 0) is 58.7 Å². The summed E-state index contributed by atoms with van der Waals surface area (Å²) in [6.45, 7) is 11.9. The molecule has 0 saturated carbocycles. The topological polar surface area (TPSA) is 39.7 Å². The van der Waals surface area contributed by atoms with Crippen LogP contribution in [0.25, 0.3) is 0 Å². The third-order valence-electron chi connectivity index (χ3n) is 4.52. The summed E-state index contributed by atoms with van der Waals surface area (Å²) < 4.78 is 0. The van der Waals surface area contributed by atoms with Gasteiger partial charge in [-0.25, -0.2) is 0 Å². The summed E-state index contributed by atoms with van der Waals surface area (Å²) in [6, 6.07) is 9.34. The van der Waals surface area contributed by atoms with Crippen molar-refractivity contribution < 1.29 is 0 Å². The van der Waals surface area contributed by atoms with Gasteiger partial charge in [-0.1, -0.05) is 36.8 Å². The minimum Gasteiger partial charge on any atom is -0.356 e. The van der Waals surface area contributed by atoms with E-state index in [-0.39, 0.29) is 0 Å².